The van der Waals surface area contributed by atoms with Crippen molar-refractivity contribution in [1.82, 2.24) is 5.32 Å². The Balaban J connectivity index is 2.52. The van der Waals surface area contributed by atoms with Crippen LogP contribution < -0.4 is 5.32 Å². The Labute approximate surface area is 112 Å². The average molecular weight is 261 g/mol. The minimum absolute atomic E-state index is 0.316. The highest BCUT2D eigenvalue weighted by Gasteiger charge is 2.11. The van der Waals surface area contributed by atoms with Crippen LogP contribution in [0.1, 0.15) is 18.1 Å². The number of hydrogen-bond donors (Lipinski definition) is 1. The molecule has 0 aromatic heterocycles. The summed E-state index contributed by atoms with van der Waals surface area (Å²) in [5.74, 6) is -0.822. The highest BCUT2D eigenvalue weighted by molar-refractivity contribution is 5.68. The van der Waals surface area contributed by atoms with Crippen LogP contribution in [-0.4, -0.2) is 6.54 Å². The fourth-order valence-electron chi connectivity index (χ4n) is 2.06. The fraction of sp³-hybridized carbons (Fsp3) is 0.250. The minimum Gasteiger partial charge on any atom is -0.313 e. The Morgan fingerprint density at radius 1 is 1.00 bits per heavy atom. The molecule has 3 heteroatoms. The van der Waals surface area contributed by atoms with Crippen LogP contribution in [0.4, 0.5) is 8.78 Å². The van der Waals surface area contributed by atoms with Crippen LogP contribution in [-0.2, 0) is 6.54 Å². The van der Waals surface area contributed by atoms with Crippen molar-refractivity contribution in [2.24, 2.45) is 0 Å². The van der Waals surface area contributed by atoms with E-state index in [-0.39, 0.29) is 0 Å². The molecule has 0 aliphatic carbocycles. The standard InChI is InChI=1S/C16H17F2N/c1-3-19-10-12-5-4-11(2)8-14(12)15-9-13(17)6-7-16(15)18/h4-9,19H,3,10H2,1-2H3. The molecule has 0 spiro atoms. The Morgan fingerprint density at radius 2 is 1.79 bits per heavy atom. The largest absolute Gasteiger partial charge is 0.313 e. The van der Waals surface area contributed by atoms with Crippen molar-refractivity contribution in [3.63, 3.8) is 0 Å². The van der Waals surface area contributed by atoms with Crippen molar-refractivity contribution in [2.75, 3.05) is 6.54 Å². The van der Waals surface area contributed by atoms with Gasteiger partial charge in [0.1, 0.15) is 11.6 Å². The summed E-state index contributed by atoms with van der Waals surface area (Å²) >= 11 is 0. The van der Waals surface area contributed by atoms with Gasteiger partial charge in [-0.15, -0.1) is 0 Å². The van der Waals surface area contributed by atoms with E-state index in [9.17, 15) is 8.78 Å². The third-order valence-electron chi connectivity index (χ3n) is 3.05. The molecule has 1 N–H and O–H groups in total. The highest BCUT2D eigenvalue weighted by Crippen LogP contribution is 2.28. The second-order valence-corrected chi connectivity index (χ2v) is 4.57. The first-order chi connectivity index (χ1) is 9.11. The van der Waals surface area contributed by atoms with E-state index < -0.39 is 11.6 Å². The third-order valence-corrected chi connectivity index (χ3v) is 3.05. The van der Waals surface area contributed by atoms with Gasteiger partial charge in [-0.1, -0.05) is 30.7 Å². The lowest BCUT2D eigenvalue weighted by Gasteiger charge is -2.12. The average Bonchev–Trinajstić information content (AvgIpc) is 2.40. The van der Waals surface area contributed by atoms with Crippen LogP contribution in [0.2, 0.25) is 0 Å². The molecule has 0 amide bonds. The number of benzene rings is 2. The molecule has 0 radical (unpaired) electrons. The topological polar surface area (TPSA) is 12.0 Å². The van der Waals surface area contributed by atoms with E-state index >= 15 is 0 Å². The lowest BCUT2D eigenvalue weighted by Crippen LogP contribution is -2.12. The lowest BCUT2D eigenvalue weighted by atomic mass is 9.97. The van der Waals surface area contributed by atoms with E-state index in [1.165, 1.54) is 12.1 Å². The van der Waals surface area contributed by atoms with Crippen molar-refractivity contribution in [2.45, 2.75) is 20.4 Å². The molecule has 0 fully saturated rings. The first-order valence-corrected chi connectivity index (χ1v) is 6.37. The Bertz CT molecular complexity index is 579. The summed E-state index contributed by atoms with van der Waals surface area (Å²) in [6.45, 7) is 5.43. The van der Waals surface area contributed by atoms with Crippen molar-refractivity contribution in [1.29, 1.82) is 0 Å². The summed E-state index contributed by atoms with van der Waals surface area (Å²) < 4.78 is 27.2. The molecule has 0 saturated heterocycles. The Hall–Kier alpha value is -1.74. The molecule has 19 heavy (non-hydrogen) atoms. The molecule has 0 aliphatic heterocycles. The van der Waals surface area contributed by atoms with Gasteiger partial charge in [-0.3, -0.25) is 0 Å². The summed E-state index contributed by atoms with van der Waals surface area (Å²) in [7, 11) is 0. The predicted molar refractivity (Wildman–Crippen MR) is 73.9 cm³/mol. The summed E-state index contributed by atoms with van der Waals surface area (Å²) in [5.41, 5.74) is 3.06. The van der Waals surface area contributed by atoms with Crippen LogP contribution in [0.5, 0.6) is 0 Å². The van der Waals surface area contributed by atoms with Crippen molar-refractivity contribution in [3.8, 4) is 11.1 Å². The smallest absolute Gasteiger partial charge is 0.131 e. The molecule has 0 heterocycles. The van der Waals surface area contributed by atoms with Crippen LogP contribution >= 0.6 is 0 Å². The highest BCUT2D eigenvalue weighted by atomic mass is 19.1. The molecule has 100 valence electrons. The summed E-state index contributed by atoms with van der Waals surface area (Å²) in [6, 6.07) is 9.39. The maximum atomic E-state index is 13.9. The summed E-state index contributed by atoms with van der Waals surface area (Å²) in [6.07, 6.45) is 0. The number of nitrogens with one attached hydrogen (secondary N) is 1. The molecule has 0 saturated carbocycles. The normalized spacial score (nSPS) is 10.7. The van der Waals surface area contributed by atoms with Gasteiger partial charge in [0.05, 0.1) is 0 Å². The molecule has 1 nitrogen and oxygen atoms in total. The summed E-state index contributed by atoms with van der Waals surface area (Å²) in [5, 5.41) is 3.21. The van der Waals surface area contributed by atoms with Crippen molar-refractivity contribution < 1.29 is 8.78 Å². The lowest BCUT2D eigenvalue weighted by molar-refractivity contribution is 0.603. The van der Waals surface area contributed by atoms with Gasteiger partial charge in [0.25, 0.3) is 0 Å². The molecule has 0 unspecified atom stereocenters. The maximum absolute atomic E-state index is 13.9. The minimum atomic E-state index is -0.424. The zero-order chi connectivity index (χ0) is 13.8. The molecule has 0 bridgehead atoms. The number of rotatable bonds is 4. The first kappa shape index (κ1) is 13.7. The van der Waals surface area contributed by atoms with Crippen LogP contribution in [0.25, 0.3) is 11.1 Å². The summed E-state index contributed by atoms with van der Waals surface area (Å²) in [4.78, 5) is 0. The number of aryl methyl sites for hydroxylation is 1. The number of hydrogen-bond acceptors (Lipinski definition) is 1. The van der Waals surface area contributed by atoms with Crippen molar-refractivity contribution in [3.05, 3.63) is 59.2 Å². The van der Waals surface area contributed by atoms with E-state index in [0.29, 0.717) is 12.1 Å². The molecular formula is C16H17F2N. The van der Waals surface area contributed by atoms with E-state index in [4.69, 9.17) is 0 Å². The van der Waals surface area contributed by atoms with E-state index in [1.54, 1.807) is 0 Å². The van der Waals surface area contributed by atoms with Gasteiger partial charge >= 0.3 is 0 Å². The second-order valence-electron chi connectivity index (χ2n) is 4.57. The van der Waals surface area contributed by atoms with E-state index in [1.807, 2.05) is 32.0 Å². The number of halogens is 2. The van der Waals surface area contributed by atoms with Crippen LogP contribution in [0.3, 0.4) is 0 Å². The van der Waals surface area contributed by atoms with Crippen molar-refractivity contribution >= 4 is 0 Å². The SMILES string of the molecule is CCNCc1ccc(C)cc1-c1cc(F)ccc1F. The molecule has 0 atom stereocenters. The second kappa shape index (κ2) is 5.93. The van der Waals surface area contributed by atoms with Gasteiger partial charge in [-0.05, 0) is 42.8 Å². The monoisotopic (exact) mass is 261 g/mol. The van der Waals surface area contributed by atoms with Gasteiger partial charge < -0.3 is 5.32 Å². The van der Waals surface area contributed by atoms with Gasteiger partial charge in [-0.25, -0.2) is 8.78 Å². The van der Waals surface area contributed by atoms with Gasteiger partial charge in [-0.2, -0.15) is 0 Å². The third kappa shape index (κ3) is 3.18. The predicted octanol–water partition coefficient (Wildman–Crippen LogP) is 4.05. The Kier molecular flexibility index (Phi) is 4.27. The van der Waals surface area contributed by atoms with Crippen LogP contribution in [0, 0.1) is 18.6 Å². The molecule has 0 aliphatic rings. The Morgan fingerprint density at radius 3 is 2.53 bits per heavy atom. The molecular weight excluding hydrogens is 244 g/mol. The van der Waals surface area contributed by atoms with Gasteiger partial charge in [0.2, 0.25) is 0 Å². The fourth-order valence-corrected chi connectivity index (χ4v) is 2.06. The van der Waals surface area contributed by atoms with Gasteiger partial charge in [0, 0.05) is 12.1 Å². The molecule has 2 aromatic carbocycles. The van der Waals surface area contributed by atoms with E-state index in [2.05, 4.69) is 5.32 Å². The van der Waals surface area contributed by atoms with Gasteiger partial charge in [0.15, 0.2) is 0 Å². The molecule has 2 rings (SSSR count). The van der Waals surface area contributed by atoms with E-state index in [0.717, 1.165) is 29.3 Å². The molecule has 2 aromatic rings. The maximum Gasteiger partial charge on any atom is 0.131 e. The quantitative estimate of drug-likeness (QED) is 0.875. The zero-order valence-electron chi connectivity index (χ0n) is 11.1. The first-order valence-electron chi connectivity index (χ1n) is 6.37. The zero-order valence-corrected chi connectivity index (χ0v) is 11.1. The van der Waals surface area contributed by atoms with Crippen LogP contribution in [0.15, 0.2) is 36.4 Å².